The molecule has 0 aliphatic heterocycles. The van der Waals surface area contributed by atoms with Gasteiger partial charge in [-0.1, -0.05) is 41.9 Å². The average Bonchev–Trinajstić information content (AvgIpc) is 2.43. The second-order valence-electron chi connectivity index (χ2n) is 3.77. The summed E-state index contributed by atoms with van der Waals surface area (Å²) >= 11 is 11.7. The first-order valence-electron chi connectivity index (χ1n) is 5.90. The van der Waals surface area contributed by atoms with E-state index < -0.39 is 6.49 Å². The van der Waals surface area contributed by atoms with Gasteiger partial charge in [0.05, 0.1) is 11.6 Å². The minimum atomic E-state index is -2.57. The van der Waals surface area contributed by atoms with Crippen molar-refractivity contribution < 1.29 is 9.05 Å². The summed E-state index contributed by atoms with van der Waals surface area (Å²) in [6.07, 6.45) is 0. The molecule has 0 heterocycles. The molecule has 0 saturated heterocycles. The summed E-state index contributed by atoms with van der Waals surface area (Å²) in [5.41, 5.74) is 0. The van der Waals surface area contributed by atoms with Gasteiger partial charge in [-0.25, -0.2) is 0 Å². The van der Waals surface area contributed by atoms with Crippen molar-refractivity contribution in [1.82, 2.24) is 0 Å². The van der Waals surface area contributed by atoms with Crippen molar-refractivity contribution in [2.24, 2.45) is 0 Å². The van der Waals surface area contributed by atoms with Crippen LogP contribution >= 0.6 is 18.1 Å². The Morgan fingerprint density at radius 1 is 1.05 bits per heavy atom. The van der Waals surface area contributed by atoms with Gasteiger partial charge in [-0.2, -0.15) is 0 Å². The van der Waals surface area contributed by atoms with Gasteiger partial charge in [0.25, 0.3) is 6.49 Å². The lowest BCUT2D eigenvalue weighted by atomic mass is 10.3. The van der Waals surface area contributed by atoms with Gasteiger partial charge in [-0.3, -0.25) is 0 Å². The maximum Gasteiger partial charge on any atom is 0.269 e. The Kier molecular flexibility index (Phi) is 5.00. The van der Waals surface area contributed by atoms with Crippen LogP contribution in [-0.4, -0.2) is 6.61 Å². The number of rotatable bonds is 5. The van der Waals surface area contributed by atoms with E-state index in [-0.39, 0.29) is 0 Å². The van der Waals surface area contributed by atoms with Crippen LogP contribution in [0.4, 0.5) is 0 Å². The van der Waals surface area contributed by atoms with Crippen LogP contribution < -0.4 is 9.83 Å². The van der Waals surface area contributed by atoms with E-state index >= 15 is 0 Å². The summed E-state index contributed by atoms with van der Waals surface area (Å²) < 4.78 is 11.7. The summed E-state index contributed by atoms with van der Waals surface area (Å²) in [6, 6.07) is 16.9. The standard InChI is InChI=1S/C14H14ClO2PS/c1-2-16-18(19,12-8-4-3-5-9-12)17-14-11-7-6-10-13(14)15/h3-11H,2H2,1H3. The van der Waals surface area contributed by atoms with Crippen LogP contribution in [0.15, 0.2) is 54.6 Å². The van der Waals surface area contributed by atoms with Crippen molar-refractivity contribution in [2.45, 2.75) is 6.92 Å². The zero-order valence-corrected chi connectivity index (χ0v) is 12.9. The van der Waals surface area contributed by atoms with E-state index in [4.69, 9.17) is 32.5 Å². The van der Waals surface area contributed by atoms with Crippen LogP contribution in [0.3, 0.4) is 0 Å². The Bertz CT molecular complexity index is 589. The van der Waals surface area contributed by atoms with Gasteiger partial charge in [0, 0.05) is 5.30 Å². The Morgan fingerprint density at radius 2 is 1.68 bits per heavy atom. The van der Waals surface area contributed by atoms with Crippen molar-refractivity contribution in [3.8, 4) is 5.75 Å². The fourth-order valence-electron chi connectivity index (χ4n) is 1.58. The summed E-state index contributed by atoms with van der Waals surface area (Å²) in [7, 11) is 0. The summed E-state index contributed by atoms with van der Waals surface area (Å²) in [5.74, 6) is 0.560. The molecule has 1 atom stereocenters. The van der Waals surface area contributed by atoms with Crippen molar-refractivity contribution in [2.75, 3.05) is 6.61 Å². The summed E-state index contributed by atoms with van der Waals surface area (Å²) in [4.78, 5) is 0. The van der Waals surface area contributed by atoms with Gasteiger partial charge in [0.15, 0.2) is 0 Å². The molecule has 2 nitrogen and oxygen atoms in total. The number of para-hydroxylation sites is 1. The summed E-state index contributed by atoms with van der Waals surface area (Å²) in [5, 5.41) is 1.42. The third-order valence-electron chi connectivity index (χ3n) is 2.43. The van der Waals surface area contributed by atoms with E-state index in [1.54, 1.807) is 12.1 Å². The van der Waals surface area contributed by atoms with E-state index in [0.717, 1.165) is 5.30 Å². The number of halogens is 1. The molecule has 0 radical (unpaired) electrons. The van der Waals surface area contributed by atoms with Crippen molar-refractivity contribution in [3.63, 3.8) is 0 Å². The van der Waals surface area contributed by atoms with E-state index in [1.165, 1.54) is 0 Å². The van der Waals surface area contributed by atoms with Gasteiger partial charge in [-0.15, -0.1) is 0 Å². The average molecular weight is 313 g/mol. The molecule has 0 N–H and O–H groups in total. The third kappa shape index (κ3) is 3.58. The molecule has 0 fully saturated rings. The van der Waals surface area contributed by atoms with Gasteiger partial charge in [0.1, 0.15) is 5.75 Å². The molecule has 2 aromatic carbocycles. The van der Waals surface area contributed by atoms with Gasteiger partial charge in [0.2, 0.25) is 0 Å². The molecule has 5 heteroatoms. The molecule has 0 amide bonds. The Hall–Kier alpha value is -0.860. The third-order valence-corrected chi connectivity index (χ3v) is 5.88. The normalized spacial score (nSPS) is 13.8. The van der Waals surface area contributed by atoms with Gasteiger partial charge < -0.3 is 9.05 Å². The summed E-state index contributed by atoms with van der Waals surface area (Å²) in [6.45, 7) is -0.172. The van der Waals surface area contributed by atoms with Crippen molar-refractivity contribution in [1.29, 1.82) is 0 Å². The number of hydrogen-bond donors (Lipinski definition) is 0. The van der Waals surface area contributed by atoms with Crippen molar-refractivity contribution in [3.05, 3.63) is 59.6 Å². The van der Waals surface area contributed by atoms with E-state index in [0.29, 0.717) is 17.4 Å². The SMILES string of the molecule is CCOP(=S)(Oc1ccccc1Cl)c1ccccc1. The molecule has 0 aliphatic carbocycles. The maximum absolute atomic E-state index is 6.11. The molecule has 2 aromatic rings. The van der Waals surface area contributed by atoms with Crippen LogP contribution in [0, 0.1) is 0 Å². The molecule has 0 spiro atoms. The van der Waals surface area contributed by atoms with Crippen molar-refractivity contribution >= 4 is 35.2 Å². The van der Waals surface area contributed by atoms with Crippen LogP contribution in [0.5, 0.6) is 5.75 Å². The lowest BCUT2D eigenvalue weighted by Crippen LogP contribution is -2.12. The van der Waals surface area contributed by atoms with E-state index in [2.05, 4.69) is 0 Å². The second-order valence-corrected chi connectivity index (χ2v) is 7.57. The van der Waals surface area contributed by atoms with Gasteiger partial charge >= 0.3 is 0 Å². The molecule has 0 aliphatic rings. The van der Waals surface area contributed by atoms with Crippen LogP contribution in [0.25, 0.3) is 0 Å². The Morgan fingerprint density at radius 3 is 2.32 bits per heavy atom. The fraction of sp³-hybridized carbons (Fsp3) is 0.143. The fourth-order valence-corrected chi connectivity index (χ4v) is 4.34. The maximum atomic E-state index is 6.11. The molecule has 0 aromatic heterocycles. The minimum absolute atomic E-state index is 0.497. The lowest BCUT2D eigenvalue weighted by molar-refractivity contribution is 0.339. The minimum Gasteiger partial charge on any atom is -0.439 e. The highest BCUT2D eigenvalue weighted by atomic mass is 35.5. The van der Waals surface area contributed by atoms with E-state index in [1.807, 2.05) is 49.4 Å². The molecule has 100 valence electrons. The van der Waals surface area contributed by atoms with Gasteiger partial charge in [-0.05, 0) is 43.0 Å². The smallest absolute Gasteiger partial charge is 0.269 e. The van der Waals surface area contributed by atoms with Crippen LogP contribution in [-0.2, 0) is 16.3 Å². The van der Waals surface area contributed by atoms with E-state index in [9.17, 15) is 0 Å². The first-order chi connectivity index (χ1) is 9.15. The van der Waals surface area contributed by atoms with Crippen LogP contribution in [0.1, 0.15) is 6.92 Å². The highest BCUT2D eigenvalue weighted by molar-refractivity contribution is 8.13. The Balaban J connectivity index is 2.36. The molecule has 0 saturated carbocycles. The number of benzene rings is 2. The monoisotopic (exact) mass is 312 g/mol. The second kappa shape index (κ2) is 6.53. The lowest BCUT2D eigenvalue weighted by Gasteiger charge is -2.23. The molecule has 2 rings (SSSR count). The molecular weight excluding hydrogens is 299 g/mol. The molecule has 1 unspecified atom stereocenters. The molecule has 0 bridgehead atoms. The predicted molar refractivity (Wildman–Crippen MR) is 84.1 cm³/mol. The highest BCUT2D eigenvalue weighted by Gasteiger charge is 2.23. The first kappa shape index (κ1) is 14.5. The highest BCUT2D eigenvalue weighted by Crippen LogP contribution is 2.48. The molecule has 19 heavy (non-hydrogen) atoms. The first-order valence-corrected chi connectivity index (χ1v) is 8.91. The topological polar surface area (TPSA) is 18.5 Å². The quantitative estimate of drug-likeness (QED) is 0.763. The zero-order chi connectivity index (χ0) is 13.7. The zero-order valence-electron chi connectivity index (χ0n) is 10.5. The molecular formula is C14H14ClO2PS. The largest absolute Gasteiger partial charge is 0.439 e. The number of hydrogen-bond acceptors (Lipinski definition) is 3. The predicted octanol–water partition coefficient (Wildman–Crippen LogP) is 4.39. The Labute approximate surface area is 123 Å². The van der Waals surface area contributed by atoms with Crippen LogP contribution in [0.2, 0.25) is 5.02 Å².